The van der Waals surface area contributed by atoms with Crippen molar-refractivity contribution in [2.75, 3.05) is 13.7 Å². The lowest BCUT2D eigenvalue weighted by Gasteiger charge is -2.12. The number of nitrogens with one attached hydrogen (secondary N) is 1. The van der Waals surface area contributed by atoms with Gasteiger partial charge in [-0.1, -0.05) is 42.5 Å². The van der Waals surface area contributed by atoms with E-state index in [-0.39, 0.29) is 17.8 Å². The van der Waals surface area contributed by atoms with E-state index in [1.165, 1.54) is 0 Å². The van der Waals surface area contributed by atoms with Crippen molar-refractivity contribution in [3.8, 4) is 22.6 Å². The fourth-order valence-electron chi connectivity index (χ4n) is 4.05. The number of Topliss-reactive ketones (excluding diaryl/α,β-unsaturated/α-hetero) is 1. The number of ketones is 1. The molecule has 164 valence electrons. The van der Waals surface area contributed by atoms with Gasteiger partial charge in [-0.15, -0.1) is 0 Å². The molecule has 0 aromatic heterocycles. The molecular formula is C27H27NO4. The second kappa shape index (κ2) is 9.69. The van der Waals surface area contributed by atoms with Gasteiger partial charge in [-0.25, -0.2) is 0 Å². The molecule has 0 saturated heterocycles. The van der Waals surface area contributed by atoms with Crippen LogP contribution in [0.1, 0.15) is 34.8 Å². The summed E-state index contributed by atoms with van der Waals surface area (Å²) in [5.41, 5.74) is 4.81. The first-order chi connectivity index (χ1) is 15.5. The predicted octanol–water partition coefficient (Wildman–Crippen LogP) is 4.62. The zero-order chi connectivity index (χ0) is 22.5. The molecule has 0 unspecified atom stereocenters. The maximum atomic E-state index is 12.3. The Morgan fingerprint density at radius 3 is 2.72 bits per heavy atom. The van der Waals surface area contributed by atoms with Crippen molar-refractivity contribution in [3.63, 3.8) is 0 Å². The van der Waals surface area contributed by atoms with Crippen LogP contribution in [0.4, 0.5) is 0 Å². The zero-order valence-corrected chi connectivity index (χ0v) is 18.4. The van der Waals surface area contributed by atoms with E-state index in [1.54, 1.807) is 14.0 Å². The molecule has 1 aliphatic rings. The summed E-state index contributed by atoms with van der Waals surface area (Å²) in [6.07, 6.45) is 1.71. The zero-order valence-electron chi connectivity index (χ0n) is 18.4. The van der Waals surface area contributed by atoms with Gasteiger partial charge in [0.1, 0.15) is 17.6 Å². The molecule has 1 N–H and O–H groups in total. The number of methoxy groups -OCH3 is 1. The van der Waals surface area contributed by atoms with Crippen molar-refractivity contribution in [3.05, 3.63) is 83.4 Å². The highest BCUT2D eigenvalue weighted by molar-refractivity contribution is 6.00. The van der Waals surface area contributed by atoms with Crippen LogP contribution in [0.2, 0.25) is 0 Å². The van der Waals surface area contributed by atoms with Gasteiger partial charge in [-0.2, -0.15) is 0 Å². The molecule has 32 heavy (non-hydrogen) atoms. The summed E-state index contributed by atoms with van der Waals surface area (Å²) in [6.45, 7) is 2.05. The van der Waals surface area contributed by atoms with Crippen molar-refractivity contribution in [1.29, 1.82) is 0 Å². The topological polar surface area (TPSA) is 64.6 Å². The van der Waals surface area contributed by atoms with Crippen LogP contribution in [-0.2, 0) is 17.6 Å². The van der Waals surface area contributed by atoms with Crippen molar-refractivity contribution in [2.24, 2.45) is 0 Å². The van der Waals surface area contributed by atoms with Crippen molar-refractivity contribution in [1.82, 2.24) is 5.32 Å². The van der Waals surface area contributed by atoms with Crippen LogP contribution >= 0.6 is 0 Å². The Labute approximate surface area is 188 Å². The molecule has 0 bridgehead atoms. The molecule has 1 aliphatic heterocycles. The summed E-state index contributed by atoms with van der Waals surface area (Å²) in [4.78, 5) is 24.3. The van der Waals surface area contributed by atoms with E-state index in [0.717, 1.165) is 40.2 Å². The van der Waals surface area contributed by atoms with Gasteiger partial charge in [-0.05, 0) is 59.9 Å². The second-order valence-corrected chi connectivity index (χ2v) is 8.02. The van der Waals surface area contributed by atoms with E-state index >= 15 is 0 Å². The standard InChI is InChI=1S/C27H27NO4/c1-18(29)24-8-3-4-9-25(24)20-11-12-26-21(15-20)16-23(32-26)17-28-27(30)13-10-19-6-5-7-22(14-19)31-2/h3-9,11-12,14-15,23H,10,13,16-17H2,1-2H3,(H,28,30)/t23-/m0/s1. The van der Waals surface area contributed by atoms with Gasteiger partial charge < -0.3 is 14.8 Å². The van der Waals surface area contributed by atoms with Crippen LogP contribution in [0.5, 0.6) is 11.5 Å². The largest absolute Gasteiger partial charge is 0.497 e. The Morgan fingerprint density at radius 2 is 1.91 bits per heavy atom. The Balaban J connectivity index is 1.33. The number of ether oxygens (including phenoxy) is 2. The minimum absolute atomic E-state index is 0.00320. The fourth-order valence-corrected chi connectivity index (χ4v) is 4.05. The summed E-state index contributed by atoms with van der Waals surface area (Å²) in [5.74, 6) is 1.69. The molecule has 4 rings (SSSR count). The molecule has 1 heterocycles. The number of carbonyl (C=O) groups excluding carboxylic acids is 2. The Morgan fingerprint density at radius 1 is 1.06 bits per heavy atom. The molecule has 0 aliphatic carbocycles. The van der Waals surface area contributed by atoms with Crippen LogP contribution in [0.25, 0.3) is 11.1 Å². The van der Waals surface area contributed by atoms with Gasteiger partial charge in [0.05, 0.1) is 13.7 Å². The fraction of sp³-hybridized carbons (Fsp3) is 0.259. The molecular weight excluding hydrogens is 402 g/mol. The lowest BCUT2D eigenvalue weighted by Crippen LogP contribution is -2.34. The number of hydrogen-bond donors (Lipinski definition) is 1. The first-order valence-corrected chi connectivity index (χ1v) is 10.8. The van der Waals surface area contributed by atoms with Crippen LogP contribution in [-0.4, -0.2) is 31.4 Å². The lowest BCUT2D eigenvalue weighted by molar-refractivity contribution is -0.121. The number of rotatable bonds is 8. The number of amides is 1. The van der Waals surface area contributed by atoms with E-state index < -0.39 is 0 Å². The quantitative estimate of drug-likeness (QED) is 0.531. The number of benzene rings is 3. The lowest BCUT2D eigenvalue weighted by atomic mass is 9.95. The summed E-state index contributed by atoms with van der Waals surface area (Å²) >= 11 is 0. The SMILES string of the molecule is COc1cccc(CCC(=O)NC[C@@H]2Cc3cc(-c4ccccc4C(C)=O)ccc3O2)c1. The summed E-state index contributed by atoms with van der Waals surface area (Å²) in [6, 6.07) is 21.4. The van der Waals surface area contributed by atoms with Crippen molar-refractivity contribution >= 4 is 11.7 Å². The van der Waals surface area contributed by atoms with Crippen molar-refractivity contribution < 1.29 is 19.1 Å². The highest BCUT2D eigenvalue weighted by Gasteiger charge is 2.24. The average molecular weight is 430 g/mol. The first-order valence-electron chi connectivity index (χ1n) is 10.8. The summed E-state index contributed by atoms with van der Waals surface area (Å²) in [7, 11) is 1.64. The van der Waals surface area contributed by atoms with Gasteiger partial charge in [0.2, 0.25) is 5.91 Å². The molecule has 5 nitrogen and oxygen atoms in total. The Kier molecular flexibility index (Phi) is 6.55. The Hall–Kier alpha value is -3.60. The second-order valence-electron chi connectivity index (χ2n) is 8.02. The van der Waals surface area contributed by atoms with Crippen LogP contribution in [0.3, 0.4) is 0 Å². The molecule has 0 saturated carbocycles. The molecule has 3 aromatic rings. The summed E-state index contributed by atoms with van der Waals surface area (Å²) in [5, 5.41) is 2.99. The Bertz CT molecular complexity index is 1140. The molecule has 3 aromatic carbocycles. The van der Waals surface area contributed by atoms with Gasteiger partial charge >= 0.3 is 0 Å². The number of hydrogen-bond acceptors (Lipinski definition) is 4. The van der Waals surface area contributed by atoms with Crippen LogP contribution in [0.15, 0.2) is 66.7 Å². The molecule has 1 atom stereocenters. The molecule has 1 amide bonds. The number of aryl methyl sites for hydroxylation is 1. The number of fused-ring (bicyclic) bond motifs is 1. The third kappa shape index (κ3) is 4.99. The highest BCUT2D eigenvalue weighted by atomic mass is 16.5. The maximum Gasteiger partial charge on any atom is 0.220 e. The van der Waals surface area contributed by atoms with E-state index in [2.05, 4.69) is 11.4 Å². The molecule has 5 heteroatoms. The van der Waals surface area contributed by atoms with Gasteiger partial charge in [0.15, 0.2) is 5.78 Å². The van der Waals surface area contributed by atoms with Gasteiger partial charge in [-0.3, -0.25) is 9.59 Å². The van der Waals surface area contributed by atoms with E-state index in [1.807, 2.05) is 60.7 Å². The smallest absolute Gasteiger partial charge is 0.220 e. The highest BCUT2D eigenvalue weighted by Crippen LogP contribution is 2.34. The normalized spacial score (nSPS) is 14.4. The third-order valence-corrected chi connectivity index (χ3v) is 5.72. The number of carbonyl (C=O) groups is 2. The molecule has 0 radical (unpaired) electrons. The minimum Gasteiger partial charge on any atom is -0.497 e. The van der Waals surface area contributed by atoms with E-state index in [9.17, 15) is 9.59 Å². The molecule has 0 fully saturated rings. The monoisotopic (exact) mass is 429 g/mol. The van der Waals surface area contributed by atoms with Crippen LogP contribution in [0, 0.1) is 0 Å². The van der Waals surface area contributed by atoms with E-state index in [4.69, 9.17) is 9.47 Å². The third-order valence-electron chi connectivity index (χ3n) is 5.72. The van der Waals surface area contributed by atoms with Gasteiger partial charge in [0, 0.05) is 18.4 Å². The predicted molar refractivity (Wildman–Crippen MR) is 124 cm³/mol. The maximum absolute atomic E-state index is 12.3. The van der Waals surface area contributed by atoms with E-state index in [0.29, 0.717) is 24.9 Å². The summed E-state index contributed by atoms with van der Waals surface area (Å²) < 4.78 is 11.2. The van der Waals surface area contributed by atoms with Crippen molar-refractivity contribution in [2.45, 2.75) is 32.3 Å². The molecule has 0 spiro atoms. The average Bonchev–Trinajstić information content (AvgIpc) is 3.23. The van der Waals surface area contributed by atoms with Gasteiger partial charge in [0.25, 0.3) is 0 Å². The first kappa shape index (κ1) is 21.6. The minimum atomic E-state index is -0.0935. The van der Waals surface area contributed by atoms with Crippen LogP contribution < -0.4 is 14.8 Å².